The van der Waals surface area contributed by atoms with Crippen LogP contribution in [-0.2, 0) is 53.2 Å². The fourth-order valence-corrected chi connectivity index (χ4v) is 12.1. The van der Waals surface area contributed by atoms with Crippen LogP contribution in [0.3, 0.4) is 0 Å². The average molecular weight is 1280 g/mol. The molecule has 4 aromatic heterocycles. The van der Waals surface area contributed by atoms with Gasteiger partial charge in [0.25, 0.3) is 0 Å². The molecular formula is C72H50F3IrN8-3. The van der Waals surface area contributed by atoms with Gasteiger partial charge in [-0.25, -0.2) is 0 Å². The fraction of sp³-hybridized carbons (Fsp3) is 0.0972. The number of pyridine rings is 1. The summed E-state index contributed by atoms with van der Waals surface area (Å²) in [7, 11) is 4.16. The third-order valence-corrected chi connectivity index (χ3v) is 15.7. The van der Waals surface area contributed by atoms with Crippen molar-refractivity contribution in [3.05, 3.63) is 270 Å². The predicted octanol–water partition coefficient (Wildman–Crippen LogP) is 15.0. The van der Waals surface area contributed by atoms with Crippen LogP contribution in [0.2, 0.25) is 0 Å². The molecule has 12 heteroatoms. The van der Waals surface area contributed by atoms with Crippen molar-refractivity contribution in [2.75, 3.05) is 0 Å². The minimum Gasteiger partial charge on any atom is -0.413 e. The van der Waals surface area contributed by atoms with Gasteiger partial charge < -0.3 is 28.4 Å². The molecular weight excluding hydrogens is 1230 g/mol. The van der Waals surface area contributed by atoms with E-state index in [1.165, 1.54) is 89.5 Å². The Balaban J connectivity index is 0.000000126. The summed E-state index contributed by atoms with van der Waals surface area (Å²) in [5.41, 5.74) is 22.6. The van der Waals surface area contributed by atoms with E-state index in [1.54, 1.807) is 12.1 Å². The van der Waals surface area contributed by atoms with E-state index in [-0.39, 0.29) is 31.6 Å². The van der Waals surface area contributed by atoms with Gasteiger partial charge in [0.15, 0.2) is 0 Å². The molecule has 1 radical (unpaired) electrons. The van der Waals surface area contributed by atoms with Gasteiger partial charge in [-0.3, -0.25) is 10.1 Å². The Morgan fingerprint density at radius 3 is 1.38 bits per heavy atom. The topological polar surface area (TPSA) is 70.4 Å². The van der Waals surface area contributed by atoms with Gasteiger partial charge in [-0.15, -0.1) is 44.8 Å². The fourth-order valence-electron chi connectivity index (χ4n) is 12.1. The SMILES string of the molecule is C[n+]1[c-]n(-c2[c-]cc3c4c5c(ccc24)C=CCC5=CC3)c(-c2ccccc2)c1-c1ccccc1.C[n+]1[c-]n(-c2[c-]cc3c4c5c(ccc24)C=CCC5=CC3)c(-c2ccccc2)c1-c1ccccc1.FC(F)(F)c1n[n-]c(-c2ccccn2)n1.[Ir]. The molecule has 0 saturated carbocycles. The van der Waals surface area contributed by atoms with Crippen molar-refractivity contribution in [3.63, 3.8) is 0 Å². The van der Waals surface area contributed by atoms with Crippen molar-refractivity contribution in [2.45, 2.75) is 31.9 Å². The quantitative estimate of drug-likeness (QED) is 0.118. The summed E-state index contributed by atoms with van der Waals surface area (Å²) in [6.45, 7) is 0. The third-order valence-electron chi connectivity index (χ3n) is 15.7. The summed E-state index contributed by atoms with van der Waals surface area (Å²) in [4.78, 5) is 7.05. The van der Waals surface area contributed by atoms with Crippen molar-refractivity contribution in [1.82, 2.24) is 29.3 Å². The summed E-state index contributed by atoms with van der Waals surface area (Å²) in [6.07, 6.45) is 21.9. The van der Waals surface area contributed by atoms with Crippen molar-refractivity contribution >= 4 is 44.8 Å². The number of hydrogen-bond acceptors (Lipinski definition) is 3. The van der Waals surface area contributed by atoms with E-state index in [0.717, 1.165) is 71.0 Å². The maximum absolute atomic E-state index is 12.1. The predicted molar refractivity (Wildman–Crippen MR) is 320 cm³/mol. The molecule has 4 aliphatic rings. The second-order valence-electron chi connectivity index (χ2n) is 20.8. The molecule has 16 rings (SSSR count). The molecule has 0 N–H and O–H groups in total. The minimum atomic E-state index is -4.57. The molecule has 0 bridgehead atoms. The first kappa shape index (κ1) is 53.7. The van der Waals surface area contributed by atoms with E-state index in [1.807, 2.05) is 0 Å². The van der Waals surface area contributed by atoms with Gasteiger partial charge in [0.2, 0.25) is 12.7 Å². The molecule has 8 nitrogen and oxygen atoms in total. The van der Waals surface area contributed by atoms with Crippen molar-refractivity contribution in [3.8, 4) is 67.9 Å². The number of hydrogen-bond donors (Lipinski definition) is 0. The first-order valence-corrected chi connectivity index (χ1v) is 27.5. The molecule has 4 aliphatic carbocycles. The molecule has 8 aromatic carbocycles. The van der Waals surface area contributed by atoms with Gasteiger partial charge >= 0.3 is 6.18 Å². The van der Waals surface area contributed by atoms with E-state index < -0.39 is 12.0 Å². The standard InChI is InChI=1S/2C32H23N2.C8H4F3N4.Ir/c2*1-33-21-34(32(26-11-6-3-7-12-26)31(33)25-9-4-2-5-10-25)28-20-18-24-16-15-22-13-8-14-23-17-19-27(28)30(24)29(22)23;9-8(10,11)7-13-6(14-15-7)5-3-1-2-4-12-5;/h2*2-12,14-15,17-19H,13,16H2,1H3;1-4H;/q3*-1;. The summed E-state index contributed by atoms with van der Waals surface area (Å²) < 4.78 is 45.0. The van der Waals surface area contributed by atoms with Gasteiger partial charge in [-0.1, -0.05) is 200 Å². The molecule has 84 heavy (non-hydrogen) atoms. The molecule has 0 saturated heterocycles. The second kappa shape index (κ2) is 22.3. The third kappa shape index (κ3) is 9.66. The van der Waals surface area contributed by atoms with Gasteiger partial charge in [-0.05, 0) is 86.5 Å². The number of imidazole rings is 2. The number of allylic oxidation sites excluding steroid dienone is 6. The molecule has 0 unspecified atom stereocenters. The van der Waals surface area contributed by atoms with Crippen LogP contribution in [-0.4, -0.2) is 24.2 Å². The largest absolute Gasteiger partial charge is 0.429 e. The Bertz CT molecular complexity index is 4340. The smallest absolute Gasteiger partial charge is 0.413 e. The zero-order valence-electron chi connectivity index (χ0n) is 45.7. The summed E-state index contributed by atoms with van der Waals surface area (Å²) in [6, 6.07) is 68.0. The maximum Gasteiger partial charge on any atom is 0.429 e. The Morgan fingerprint density at radius 2 is 0.964 bits per heavy atom. The normalized spacial score (nSPS) is 13.3. The van der Waals surface area contributed by atoms with Crippen LogP contribution in [0.4, 0.5) is 13.2 Å². The molecule has 0 fully saturated rings. The number of alkyl halides is 3. The van der Waals surface area contributed by atoms with Gasteiger partial charge in [0, 0.05) is 26.3 Å². The van der Waals surface area contributed by atoms with E-state index in [4.69, 9.17) is 0 Å². The molecule has 0 spiro atoms. The molecule has 12 aromatic rings. The summed E-state index contributed by atoms with van der Waals surface area (Å²) in [5, 5.41) is 11.5. The summed E-state index contributed by atoms with van der Waals surface area (Å²) in [5.74, 6) is -1.37. The number of aryl methyl sites for hydroxylation is 2. The Labute approximate surface area is 498 Å². The Hall–Kier alpha value is -9.61. The van der Waals surface area contributed by atoms with Crippen LogP contribution in [0.1, 0.15) is 52.0 Å². The summed E-state index contributed by atoms with van der Waals surface area (Å²) >= 11 is 0. The van der Waals surface area contributed by atoms with E-state index in [9.17, 15) is 13.2 Å². The van der Waals surface area contributed by atoms with Gasteiger partial charge in [-0.2, -0.15) is 37.4 Å². The van der Waals surface area contributed by atoms with Gasteiger partial charge in [0.1, 0.15) is 5.82 Å². The van der Waals surface area contributed by atoms with Crippen LogP contribution < -0.4 is 14.2 Å². The number of rotatable bonds is 7. The number of benzene rings is 8. The van der Waals surface area contributed by atoms with E-state index in [2.05, 4.69) is 271 Å². The zero-order chi connectivity index (χ0) is 56.2. The van der Waals surface area contributed by atoms with E-state index >= 15 is 0 Å². The van der Waals surface area contributed by atoms with Crippen LogP contribution in [0, 0.1) is 24.8 Å². The zero-order valence-corrected chi connectivity index (χ0v) is 48.1. The van der Waals surface area contributed by atoms with Crippen molar-refractivity contribution in [2.24, 2.45) is 14.1 Å². The minimum absolute atomic E-state index is 0. The maximum atomic E-state index is 12.1. The van der Waals surface area contributed by atoms with Crippen LogP contribution in [0.15, 0.2) is 206 Å². The molecule has 0 amide bonds. The number of aromatic nitrogens is 8. The Morgan fingerprint density at radius 1 is 0.524 bits per heavy atom. The molecule has 0 aliphatic heterocycles. The Kier molecular flexibility index (Phi) is 14.2. The molecule has 4 heterocycles. The van der Waals surface area contributed by atoms with Crippen molar-refractivity contribution < 1.29 is 42.4 Å². The van der Waals surface area contributed by atoms with Gasteiger partial charge in [0.05, 0.1) is 42.6 Å². The van der Waals surface area contributed by atoms with Crippen molar-refractivity contribution in [1.29, 1.82) is 0 Å². The first-order valence-electron chi connectivity index (χ1n) is 27.5. The van der Waals surface area contributed by atoms with Crippen LogP contribution in [0.25, 0.3) is 113 Å². The first-order chi connectivity index (χ1) is 40.7. The molecule has 0 atom stereocenters. The second-order valence-corrected chi connectivity index (χ2v) is 20.8. The monoisotopic (exact) mass is 1280 g/mol. The van der Waals surface area contributed by atoms with Crippen LogP contribution in [0.5, 0.6) is 0 Å². The number of halogens is 3. The molecule has 411 valence electrons. The average Bonchev–Trinajstić information content (AvgIpc) is 1.63. The van der Waals surface area contributed by atoms with Crippen LogP contribution >= 0.6 is 0 Å². The van der Waals surface area contributed by atoms with E-state index in [0.29, 0.717) is 0 Å². The number of nitrogens with zero attached hydrogens (tertiary/aromatic N) is 8.